The summed E-state index contributed by atoms with van der Waals surface area (Å²) in [7, 11) is 3.53. The predicted octanol–water partition coefficient (Wildman–Crippen LogP) is 5.73. The number of halogens is 1. The first-order chi connectivity index (χ1) is 12.5. The summed E-state index contributed by atoms with van der Waals surface area (Å²) in [6.07, 6.45) is 0. The van der Waals surface area contributed by atoms with Gasteiger partial charge in [-0.2, -0.15) is 0 Å². The monoisotopic (exact) mass is 427 g/mol. The van der Waals surface area contributed by atoms with Gasteiger partial charge in [0, 0.05) is 28.0 Å². The van der Waals surface area contributed by atoms with Crippen molar-refractivity contribution >= 4 is 50.1 Å². The molecule has 0 aliphatic carbocycles. The highest BCUT2D eigenvalue weighted by Gasteiger charge is 2.35. The zero-order chi connectivity index (χ0) is 18.4. The highest BCUT2D eigenvalue weighted by Crippen LogP contribution is 2.53. The molecule has 1 aliphatic heterocycles. The zero-order valence-corrected chi connectivity index (χ0v) is 17.1. The maximum Gasteiger partial charge on any atom is 0.335 e. The molecule has 0 spiro atoms. The maximum absolute atomic E-state index is 12.7. The second-order valence-electron chi connectivity index (χ2n) is 6.34. The Kier molecular flexibility index (Phi) is 4.45. The fourth-order valence-corrected chi connectivity index (χ4v) is 5.60. The number of carbonyl (C=O) groups excluding carboxylic acids is 1. The molecule has 3 nitrogen and oxygen atoms in total. The Morgan fingerprint density at radius 2 is 1.96 bits per heavy atom. The van der Waals surface area contributed by atoms with Gasteiger partial charge in [-0.3, -0.25) is 0 Å². The lowest BCUT2D eigenvalue weighted by Crippen LogP contribution is -2.16. The summed E-state index contributed by atoms with van der Waals surface area (Å²) in [5, 5.41) is 2.25. The Bertz CT molecular complexity index is 1070. The molecule has 1 unspecified atom stereocenters. The molecule has 1 aliphatic rings. The van der Waals surface area contributed by atoms with E-state index in [4.69, 9.17) is 4.74 Å². The summed E-state index contributed by atoms with van der Waals surface area (Å²) in [6, 6.07) is 16.5. The van der Waals surface area contributed by atoms with Crippen molar-refractivity contribution in [1.29, 1.82) is 0 Å². The first-order valence-corrected chi connectivity index (χ1v) is 9.99. The number of aromatic nitrogens is 1. The zero-order valence-electron chi connectivity index (χ0n) is 14.7. The molecule has 0 bridgehead atoms. The number of ether oxygens (including phenoxy) is 1. The summed E-state index contributed by atoms with van der Waals surface area (Å²) in [5.74, 6) is -0.265. The number of hydrogen-bond donors (Lipinski definition) is 0. The third kappa shape index (κ3) is 2.61. The Hall–Kier alpha value is -1.98. The van der Waals surface area contributed by atoms with Crippen LogP contribution in [0.1, 0.15) is 23.3 Å². The Labute approximate surface area is 165 Å². The molecule has 5 heteroatoms. The SMILES string of the molecule is COC(=O)C1=C(C)c2c(n(C)c3ccccc23)SC1c1cccc(Br)c1. The van der Waals surface area contributed by atoms with Gasteiger partial charge < -0.3 is 9.30 Å². The molecular formula is C21H18BrNO2S. The highest BCUT2D eigenvalue weighted by molar-refractivity contribution is 9.10. The number of methoxy groups -OCH3 is 1. The molecule has 0 N–H and O–H groups in total. The number of para-hydroxylation sites is 1. The number of thioether (sulfide) groups is 1. The van der Waals surface area contributed by atoms with E-state index in [1.54, 1.807) is 11.8 Å². The van der Waals surface area contributed by atoms with Crippen LogP contribution in [0, 0.1) is 0 Å². The number of benzene rings is 2. The molecule has 132 valence electrons. The molecule has 2 heterocycles. The number of carbonyl (C=O) groups is 1. The van der Waals surface area contributed by atoms with Crippen LogP contribution < -0.4 is 0 Å². The minimum Gasteiger partial charge on any atom is -0.466 e. The first-order valence-electron chi connectivity index (χ1n) is 8.32. The predicted molar refractivity (Wildman–Crippen MR) is 110 cm³/mol. The molecule has 26 heavy (non-hydrogen) atoms. The number of rotatable bonds is 2. The van der Waals surface area contributed by atoms with E-state index < -0.39 is 0 Å². The third-order valence-electron chi connectivity index (χ3n) is 4.88. The topological polar surface area (TPSA) is 31.2 Å². The van der Waals surface area contributed by atoms with Crippen molar-refractivity contribution in [2.45, 2.75) is 17.2 Å². The van der Waals surface area contributed by atoms with Crippen molar-refractivity contribution in [2.24, 2.45) is 7.05 Å². The van der Waals surface area contributed by atoms with E-state index in [2.05, 4.69) is 51.8 Å². The van der Waals surface area contributed by atoms with Crippen molar-refractivity contribution in [2.75, 3.05) is 7.11 Å². The van der Waals surface area contributed by atoms with Gasteiger partial charge in [0.15, 0.2) is 0 Å². The van der Waals surface area contributed by atoms with Crippen LogP contribution in [-0.2, 0) is 16.6 Å². The molecule has 1 atom stereocenters. The molecule has 0 saturated heterocycles. The smallest absolute Gasteiger partial charge is 0.335 e. The molecule has 1 aromatic heterocycles. The summed E-state index contributed by atoms with van der Waals surface area (Å²) in [4.78, 5) is 12.7. The fourth-order valence-electron chi connectivity index (χ4n) is 3.65. The average molecular weight is 428 g/mol. The van der Waals surface area contributed by atoms with E-state index >= 15 is 0 Å². The van der Waals surface area contributed by atoms with Crippen LogP contribution in [0.2, 0.25) is 0 Å². The summed E-state index contributed by atoms with van der Waals surface area (Å²) >= 11 is 5.26. The van der Waals surface area contributed by atoms with Gasteiger partial charge >= 0.3 is 5.97 Å². The van der Waals surface area contributed by atoms with Crippen molar-refractivity contribution in [3.63, 3.8) is 0 Å². The normalized spacial score (nSPS) is 16.7. The molecule has 0 amide bonds. The largest absolute Gasteiger partial charge is 0.466 e. The van der Waals surface area contributed by atoms with Crippen LogP contribution >= 0.6 is 27.7 Å². The third-order valence-corrected chi connectivity index (χ3v) is 6.82. The van der Waals surface area contributed by atoms with E-state index in [-0.39, 0.29) is 11.2 Å². The van der Waals surface area contributed by atoms with E-state index in [9.17, 15) is 4.79 Å². The van der Waals surface area contributed by atoms with Crippen molar-refractivity contribution in [3.05, 3.63) is 69.7 Å². The quantitative estimate of drug-likeness (QED) is 0.488. The molecule has 0 saturated carbocycles. The van der Waals surface area contributed by atoms with Crippen LogP contribution in [0.4, 0.5) is 0 Å². The van der Waals surface area contributed by atoms with Gasteiger partial charge in [0.1, 0.15) is 0 Å². The lowest BCUT2D eigenvalue weighted by molar-refractivity contribution is -0.136. The second-order valence-corrected chi connectivity index (χ2v) is 8.35. The highest BCUT2D eigenvalue weighted by atomic mass is 79.9. The van der Waals surface area contributed by atoms with Crippen LogP contribution in [0.3, 0.4) is 0 Å². The Balaban J connectivity index is 2.01. The second kappa shape index (κ2) is 6.63. The number of esters is 1. The molecule has 3 aromatic rings. The average Bonchev–Trinajstić information content (AvgIpc) is 2.94. The number of fused-ring (bicyclic) bond motifs is 3. The van der Waals surface area contributed by atoms with Crippen LogP contribution in [0.25, 0.3) is 16.5 Å². The Morgan fingerprint density at radius 3 is 2.69 bits per heavy atom. The standard InChI is InChI=1S/C21H18BrNO2S/c1-12-17-15-9-4-5-10-16(15)23(2)20(17)26-19(18(12)21(24)25-3)13-7-6-8-14(22)11-13/h4-11,19H,1-3H3. The lowest BCUT2D eigenvalue weighted by Gasteiger charge is -2.27. The minimum atomic E-state index is -0.265. The Morgan fingerprint density at radius 1 is 1.19 bits per heavy atom. The summed E-state index contributed by atoms with van der Waals surface area (Å²) in [5.41, 5.74) is 5.11. The van der Waals surface area contributed by atoms with Gasteiger partial charge in [-0.15, -0.1) is 0 Å². The van der Waals surface area contributed by atoms with E-state index in [1.165, 1.54) is 23.0 Å². The maximum atomic E-state index is 12.7. The van der Waals surface area contributed by atoms with Crippen molar-refractivity contribution in [1.82, 2.24) is 4.57 Å². The lowest BCUT2D eigenvalue weighted by atomic mass is 9.94. The fraction of sp³-hybridized carbons (Fsp3) is 0.190. The summed E-state index contributed by atoms with van der Waals surface area (Å²) in [6.45, 7) is 2.03. The van der Waals surface area contributed by atoms with Gasteiger partial charge in [0.25, 0.3) is 0 Å². The minimum absolute atomic E-state index is 0.101. The van der Waals surface area contributed by atoms with Crippen LogP contribution in [0.15, 0.2) is 63.6 Å². The van der Waals surface area contributed by atoms with Crippen LogP contribution in [-0.4, -0.2) is 17.6 Å². The van der Waals surface area contributed by atoms with Gasteiger partial charge in [-0.05, 0) is 36.3 Å². The van der Waals surface area contributed by atoms with Crippen molar-refractivity contribution < 1.29 is 9.53 Å². The van der Waals surface area contributed by atoms with Gasteiger partial charge in [0.2, 0.25) is 0 Å². The van der Waals surface area contributed by atoms with Gasteiger partial charge in [-0.25, -0.2) is 4.79 Å². The molecule has 0 radical (unpaired) electrons. The van der Waals surface area contributed by atoms with Gasteiger partial charge in [0.05, 0.1) is 23.0 Å². The molecule has 0 fully saturated rings. The van der Waals surface area contributed by atoms with E-state index in [0.29, 0.717) is 0 Å². The van der Waals surface area contributed by atoms with Gasteiger partial charge in [-0.1, -0.05) is 58.0 Å². The summed E-state index contributed by atoms with van der Waals surface area (Å²) < 4.78 is 8.37. The van der Waals surface area contributed by atoms with Crippen molar-refractivity contribution in [3.8, 4) is 0 Å². The number of aryl methyl sites for hydroxylation is 1. The molecule has 4 rings (SSSR count). The van der Waals surface area contributed by atoms with Crippen LogP contribution in [0.5, 0.6) is 0 Å². The number of hydrogen-bond acceptors (Lipinski definition) is 3. The van der Waals surface area contributed by atoms with E-state index in [1.807, 2.05) is 31.2 Å². The van der Waals surface area contributed by atoms with E-state index in [0.717, 1.165) is 26.7 Å². The molecule has 2 aromatic carbocycles. The first kappa shape index (κ1) is 17.4. The number of allylic oxidation sites excluding steroid dienone is 1. The number of nitrogens with zero attached hydrogens (tertiary/aromatic N) is 1. The molecular weight excluding hydrogens is 410 g/mol.